The number of carbonyl (C=O) groups excluding carboxylic acids is 3. The Morgan fingerprint density at radius 1 is 1.10 bits per heavy atom. The Balaban J connectivity index is 2.02. The molecule has 0 aliphatic rings. The molecule has 2 aromatic carbocycles. The topological polar surface area (TPSA) is 114 Å². The number of carbonyl (C=O) groups is 3. The van der Waals surface area contributed by atoms with Gasteiger partial charge in [-0.05, 0) is 50.2 Å². The fourth-order valence-corrected chi connectivity index (χ4v) is 2.53. The average Bonchev–Trinajstić information content (AvgIpc) is 2.66. The molecule has 1 atom stereocenters. The van der Waals surface area contributed by atoms with Gasteiger partial charge in [0.1, 0.15) is 0 Å². The maximum Gasteiger partial charge on any atom is 0.339 e. The molecule has 0 unspecified atom stereocenters. The summed E-state index contributed by atoms with van der Waals surface area (Å²) in [5.74, 6) is -1.77. The van der Waals surface area contributed by atoms with Crippen molar-refractivity contribution in [2.75, 3.05) is 17.2 Å². The van der Waals surface area contributed by atoms with E-state index in [1.54, 1.807) is 31.2 Å². The molecule has 9 heteroatoms. The van der Waals surface area contributed by atoms with Gasteiger partial charge in [-0.2, -0.15) is 0 Å². The Morgan fingerprint density at radius 2 is 1.69 bits per heavy atom. The van der Waals surface area contributed by atoms with Crippen molar-refractivity contribution in [3.63, 3.8) is 0 Å². The van der Waals surface area contributed by atoms with Gasteiger partial charge in [0.05, 0.1) is 17.2 Å². The Hall–Kier alpha value is -3.26. The number of nitrogens with one attached hydrogen (secondary N) is 2. The summed E-state index contributed by atoms with van der Waals surface area (Å²) in [7, 11) is 0. The van der Waals surface area contributed by atoms with Crippen molar-refractivity contribution in [1.82, 2.24) is 0 Å². The van der Waals surface area contributed by atoms with Crippen LogP contribution in [-0.2, 0) is 14.3 Å². The molecule has 3 N–H and O–H groups in total. The molecule has 0 saturated carbocycles. The lowest BCUT2D eigenvalue weighted by Gasteiger charge is -2.15. The number of rotatable bonds is 7. The summed E-state index contributed by atoms with van der Waals surface area (Å²) in [5.41, 5.74) is 1.10. The minimum Gasteiger partial charge on any atom is -0.503 e. The standard InChI is InChI=1S/C20H21ClN2O6/c1-4-28-17-10-13(9-16(21)18(17)25)20(27)29-11(2)19(26)23-15-7-5-14(6-8-15)22-12(3)24/h5-11,25H,4H2,1-3H3,(H,22,24)(H,23,26)/t11-/m1/s1. The quantitative estimate of drug-likeness (QED) is 0.590. The van der Waals surface area contributed by atoms with E-state index in [1.165, 1.54) is 26.0 Å². The highest BCUT2D eigenvalue weighted by Crippen LogP contribution is 2.35. The number of anilines is 2. The number of hydrogen-bond donors (Lipinski definition) is 3. The molecule has 0 heterocycles. The molecule has 0 aromatic heterocycles. The second kappa shape index (κ2) is 9.79. The lowest BCUT2D eigenvalue weighted by molar-refractivity contribution is -0.123. The SMILES string of the molecule is CCOc1cc(C(=O)O[C@H](C)C(=O)Nc2ccc(NC(C)=O)cc2)cc(Cl)c1O. The van der Waals surface area contributed by atoms with Crippen LogP contribution in [0.25, 0.3) is 0 Å². The van der Waals surface area contributed by atoms with E-state index in [0.29, 0.717) is 11.4 Å². The summed E-state index contributed by atoms with van der Waals surface area (Å²) in [6, 6.07) is 8.98. The predicted molar refractivity (Wildman–Crippen MR) is 109 cm³/mol. The minimum atomic E-state index is -1.10. The average molecular weight is 421 g/mol. The summed E-state index contributed by atoms with van der Waals surface area (Å²) >= 11 is 5.91. The third-order valence-corrected chi connectivity index (χ3v) is 3.98. The molecule has 154 valence electrons. The molecule has 0 bridgehead atoms. The zero-order chi connectivity index (χ0) is 21.6. The first-order valence-corrected chi connectivity index (χ1v) is 9.13. The number of benzene rings is 2. The first-order chi connectivity index (χ1) is 13.7. The number of esters is 1. The van der Waals surface area contributed by atoms with Crippen molar-refractivity contribution >= 4 is 40.8 Å². The molecule has 29 heavy (non-hydrogen) atoms. The maximum absolute atomic E-state index is 12.3. The van der Waals surface area contributed by atoms with Crippen LogP contribution < -0.4 is 15.4 Å². The fraction of sp³-hybridized carbons (Fsp3) is 0.250. The van der Waals surface area contributed by atoms with Gasteiger partial charge in [0, 0.05) is 18.3 Å². The molecule has 0 aliphatic heterocycles. The number of phenolic OH excluding ortho intramolecular Hbond substituents is 1. The van der Waals surface area contributed by atoms with Crippen molar-refractivity contribution < 1.29 is 29.0 Å². The van der Waals surface area contributed by atoms with E-state index in [9.17, 15) is 19.5 Å². The molecule has 0 aliphatic carbocycles. The van der Waals surface area contributed by atoms with Gasteiger partial charge in [-0.15, -0.1) is 0 Å². The highest BCUT2D eigenvalue weighted by Gasteiger charge is 2.21. The first-order valence-electron chi connectivity index (χ1n) is 8.76. The molecule has 0 saturated heterocycles. The Morgan fingerprint density at radius 3 is 2.24 bits per heavy atom. The van der Waals surface area contributed by atoms with Crippen LogP contribution in [0.4, 0.5) is 11.4 Å². The predicted octanol–water partition coefficient (Wildman–Crippen LogP) is 3.59. The third kappa shape index (κ3) is 6.11. The van der Waals surface area contributed by atoms with Crippen molar-refractivity contribution in [2.24, 2.45) is 0 Å². The number of hydrogen-bond acceptors (Lipinski definition) is 6. The van der Waals surface area contributed by atoms with Crippen LogP contribution in [0.1, 0.15) is 31.1 Å². The van der Waals surface area contributed by atoms with Crippen molar-refractivity contribution in [2.45, 2.75) is 26.9 Å². The van der Waals surface area contributed by atoms with Crippen molar-refractivity contribution in [3.05, 3.63) is 47.0 Å². The fourth-order valence-electron chi connectivity index (χ4n) is 2.32. The zero-order valence-electron chi connectivity index (χ0n) is 16.1. The second-order valence-corrected chi connectivity index (χ2v) is 6.44. The molecule has 0 spiro atoms. The van der Waals surface area contributed by atoms with Crippen LogP contribution in [0.2, 0.25) is 5.02 Å². The molecule has 0 radical (unpaired) electrons. The van der Waals surface area contributed by atoms with Crippen LogP contribution >= 0.6 is 11.6 Å². The van der Waals surface area contributed by atoms with Crippen LogP contribution in [-0.4, -0.2) is 35.6 Å². The van der Waals surface area contributed by atoms with E-state index in [1.807, 2.05) is 0 Å². The van der Waals surface area contributed by atoms with Crippen LogP contribution in [0, 0.1) is 0 Å². The van der Waals surface area contributed by atoms with Gasteiger partial charge in [-0.25, -0.2) is 4.79 Å². The first kappa shape index (κ1) is 22.0. The third-order valence-electron chi connectivity index (χ3n) is 3.69. The van der Waals surface area contributed by atoms with Gasteiger partial charge in [-0.3, -0.25) is 9.59 Å². The van der Waals surface area contributed by atoms with E-state index in [2.05, 4.69) is 10.6 Å². The van der Waals surface area contributed by atoms with Crippen LogP contribution in [0.15, 0.2) is 36.4 Å². The molecule has 2 aromatic rings. The lowest BCUT2D eigenvalue weighted by atomic mass is 10.2. The van der Waals surface area contributed by atoms with E-state index >= 15 is 0 Å². The zero-order valence-corrected chi connectivity index (χ0v) is 16.9. The highest BCUT2D eigenvalue weighted by atomic mass is 35.5. The Labute approximate surface area is 172 Å². The van der Waals surface area contributed by atoms with Crippen LogP contribution in [0.3, 0.4) is 0 Å². The smallest absolute Gasteiger partial charge is 0.339 e. The summed E-state index contributed by atoms with van der Waals surface area (Å²) in [6.45, 7) is 4.80. The maximum atomic E-state index is 12.3. The molecule has 2 rings (SSSR count). The van der Waals surface area contributed by atoms with Crippen LogP contribution in [0.5, 0.6) is 11.5 Å². The Kier molecular flexibility index (Phi) is 7.44. The number of phenols is 1. The largest absolute Gasteiger partial charge is 0.503 e. The summed E-state index contributed by atoms with van der Waals surface area (Å²) in [6.07, 6.45) is -1.10. The van der Waals surface area contributed by atoms with E-state index in [4.69, 9.17) is 21.1 Å². The summed E-state index contributed by atoms with van der Waals surface area (Å²) < 4.78 is 10.4. The summed E-state index contributed by atoms with van der Waals surface area (Å²) in [5, 5.41) is 15.0. The van der Waals surface area contributed by atoms with Gasteiger partial charge in [0.15, 0.2) is 17.6 Å². The molecule has 2 amide bonds. The molecular formula is C20H21ClN2O6. The Bertz CT molecular complexity index is 914. The number of halogens is 1. The lowest BCUT2D eigenvalue weighted by Crippen LogP contribution is -2.30. The molecular weight excluding hydrogens is 400 g/mol. The second-order valence-electron chi connectivity index (χ2n) is 6.03. The van der Waals surface area contributed by atoms with Gasteiger partial charge in [0.2, 0.25) is 5.91 Å². The van der Waals surface area contributed by atoms with Crippen molar-refractivity contribution in [1.29, 1.82) is 0 Å². The van der Waals surface area contributed by atoms with E-state index in [-0.39, 0.29) is 34.6 Å². The summed E-state index contributed by atoms with van der Waals surface area (Å²) in [4.78, 5) is 35.6. The molecule has 8 nitrogen and oxygen atoms in total. The molecule has 0 fully saturated rings. The van der Waals surface area contributed by atoms with E-state index in [0.717, 1.165) is 0 Å². The normalized spacial score (nSPS) is 11.3. The van der Waals surface area contributed by atoms with Gasteiger partial charge < -0.3 is 25.2 Å². The number of ether oxygens (including phenoxy) is 2. The number of aromatic hydroxyl groups is 1. The number of amides is 2. The monoisotopic (exact) mass is 420 g/mol. The van der Waals surface area contributed by atoms with Gasteiger partial charge in [-0.1, -0.05) is 11.6 Å². The highest BCUT2D eigenvalue weighted by molar-refractivity contribution is 6.32. The van der Waals surface area contributed by atoms with Crippen molar-refractivity contribution in [3.8, 4) is 11.5 Å². The van der Waals surface area contributed by atoms with E-state index < -0.39 is 18.0 Å². The van der Waals surface area contributed by atoms with Gasteiger partial charge in [0.25, 0.3) is 5.91 Å². The van der Waals surface area contributed by atoms with Gasteiger partial charge >= 0.3 is 5.97 Å². The minimum absolute atomic E-state index is 0.0376.